The molecule has 0 nitrogen and oxygen atoms in total. The van der Waals surface area contributed by atoms with Gasteiger partial charge in [0.2, 0.25) is 0 Å². The first-order chi connectivity index (χ1) is 4.43. The molecule has 0 aliphatic rings. The van der Waals surface area contributed by atoms with Gasteiger partial charge in [0.05, 0.1) is 0 Å². The van der Waals surface area contributed by atoms with E-state index >= 15 is 0 Å². The van der Waals surface area contributed by atoms with Gasteiger partial charge in [-0.25, -0.2) is 0 Å². The predicted octanol–water partition coefficient (Wildman–Crippen LogP) is 2.47. The molecule has 0 amide bonds. The minimum atomic E-state index is 0. The van der Waals surface area contributed by atoms with Crippen LogP contribution in [0, 0.1) is 0 Å². The van der Waals surface area contributed by atoms with Crippen molar-refractivity contribution in [1.82, 2.24) is 0 Å². The molecular weight excluding hydrogens is 139 g/mol. The molecular formula is C9H13P. The number of hydrogen-bond donors (Lipinski definition) is 0. The Hall–Kier alpha value is -0.610. The average molecular weight is 152 g/mol. The second-order valence-electron chi connectivity index (χ2n) is 1.98. The van der Waals surface area contributed by atoms with E-state index in [1.54, 1.807) is 0 Å². The number of benzene rings is 1. The molecule has 0 radical (unpaired) electrons. The summed E-state index contributed by atoms with van der Waals surface area (Å²) in [4.78, 5) is 0. The van der Waals surface area contributed by atoms with E-state index in [2.05, 4.69) is 18.7 Å². The van der Waals surface area contributed by atoms with Gasteiger partial charge < -0.3 is 0 Å². The van der Waals surface area contributed by atoms with E-state index in [0.717, 1.165) is 6.42 Å². The minimum Gasteiger partial charge on any atom is -0.153 e. The third-order valence-electron chi connectivity index (χ3n) is 1.22. The van der Waals surface area contributed by atoms with Crippen LogP contribution in [0.2, 0.25) is 0 Å². The molecule has 0 fully saturated rings. The van der Waals surface area contributed by atoms with Crippen LogP contribution < -0.4 is 0 Å². The zero-order valence-corrected chi connectivity index (χ0v) is 7.50. The maximum Gasteiger partial charge on any atom is -0.0100 e. The summed E-state index contributed by atoms with van der Waals surface area (Å²) in [6.07, 6.45) is 2.89. The van der Waals surface area contributed by atoms with Gasteiger partial charge in [-0.2, -0.15) is 9.90 Å². The van der Waals surface area contributed by atoms with Crippen LogP contribution in [0.15, 0.2) is 43.0 Å². The van der Waals surface area contributed by atoms with Crippen LogP contribution in [0.3, 0.4) is 0 Å². The molecule has 1 unspecified atom stereocenters. The number of allylic oxidation sites excluding steroid dienone is 1. The lowest BCUT2D eigenvalue weighted by atomic mass is 10.2. The highest BCUT2D eigenvalue weighted by molar-refractivity contribution is 6.92. The highest BCUT2D eigenvalue weighted by Gasteiger charge is 1.82. The molecule has 1 rings (SSSR count). The molecule has 54 valence electrons. The predicted molar refractivity (Wildman–Crippen MR) is 51.4 cm³/mol. The van der Waals surface area contributed by atoms with E-state index < -0.39 is 0 Å². The van der Waals surface area contributed by atoms with Crippen LogP contribution >= 0.6 is 9.90 Å². The zero-order valence-electron chi connectivity index (χ0n) is 6.09. The molecule has 0 aliphatic carbocycles. The van der Waals surface area contributed by atoms with Crippen molar-refractivity contribution in [1.29, 1.82) is 0 Å². The van der Waals surface area contributed by atoms with Crippen LogP contribution in [0.4, 0.5) is 0 Å². The summed E-state index contributed by atoms with van der Waals surface area (Å²) in [6.45, 7) is 3.66. The lowest BCUT2D eigenvalue weighted by Gasteiger charge is -1.91. The molecule has 0 saturated carbocycles. The number of rotatable bonds is 2. The summed E-state index contributed by atoms with van der Waals surface area (Å²) < 4.78 is 0. The fourth-order valence-corrected chi connectivity index (χ4v) is 0.781. The van der Waals surface area contributed by atoms with Crippen LogP contribution in [0.5, 0.6) is 0 Å². The summed E-state index contributed by atoms with van der Waals surface area (Å²) in [5.41, 5.74) is 1.33. The molecule has 0 spiro atoms. The molecule has 1 atom stereocenters. The first-order valence-electron chi connectivity index (χ1n) is 3.08. The van der Waals surface area contributed by atoms with Gasteiger partial charge in [-0.05, 0) is 12.0 Å². The smallest absolute Gasteiger partial charge is 0.0100 e. The molecule has 0 bridgehead atoms. The molecule has 0 aromatic heterocycles. The summed E-state index contributed by atoms with van der Waals surface area (Å²) in [6, 6.07) is 10.3. The molecule has 0 heterocycles. The van der Waals surface area contributed by atoms with Gasteiger partial charge in [-0.15, -0.1) is 6.58 Å². The van der Waals surface area contributed by atoms with Crippen LogP contribution in [-0.4, -0.2) is 0 Å². The molecule has 0 aliphatic heterocycles. The second-order valence-corrected chi connectivity index (χ2v) is 1.98. The maximum absolute atomic E-state index is 3.66. The van der Waals surface area contributed by atoms with Crippen molar-refractivity contribution < 1.29 is 0 Å². The Labute approximate surface area is 65.6 Å². The van der Waals surface area contributed by atoms with Gasteiger partial charge in [0.15, 0.2) is 0 Å². The van der Waals surface area contributed by atoms with E-state index in [9.17, 15) is 0 Å². The van der Waals surface area contributed by atoms with E-state index in [1.807, 2.05) is 24.3 Å². The summed E-state index contributed by atoms with van der Waals surface area (Å²) in [5.74, 6) is 0. The van der Waals surface area contributed by atoms with Crippen molar-refractivity contribution in [2.45, 2.75) is 6.42 Å². The highest BCUT2D eigenvalue weighted by atomic mass is 31.0. The Kier molecular flexibility index (Phi) is 4.88. The van der Waals surface area contributed by atoms with Crippen molar-refractivity contribution in [2.24, 2.45) is 0 Å². The Morgan fingerprint density at radius 2 is 1.80 bits per heavy atom. The van der Waals surface area contributed by atoms with Gasteiger partial charge in [0.1, 0.15) is 0 Å². The molecule has 0 saturated heterocycles. The standard InChI is InChI=1S/C9H10.H3P/c1-2-6-9-7-4-3-5-8-9;/h2-5,7-8H,1,6H2;1H3. The molecule has 1 aromatic rings. The Morgan fingerprint density at radius 3 is 2.30 bits per heavy atom. The van der Waals surface area contributed by atoms with Crippen molar-refractivity contribution in [2.75, 3.05) is 0 Å². The van der Waals surface area contributed by atoms with E-state index in [1.165, 1.54) is 5.56 Å². The van der Waals surface area contributed by atoms with Crippen molar-refractivity contribution in [3.63, 3.8) is 0 Å². The minimum absolute atomic E-state index is 0. The van der Waals surface area contributed by atoms with Crippen molar-refractivity contribution >= 4 is 9.90 Å². The van der Waals surface area contributed by atoms with Gasteiger partial charge in [-0.1, -0.05) is 36.4 Å². The van der Waals surface area contributed by atoms with Gasteiger partial charge in [-0.3, -0.25) is 0 Å². The molecule has 1 aromatic carbocycles. The Morgan fingerprint density at radius 1 is 1.20 bits per heavy atom. The average Bonchev–Trinajstić information content (AvgIpc) is 1.91. The Balaban J connectivity index is 0.000000810. The van der Waals surface area contributed by atoms with Gasteiger partial charge >= 0.3 is 0 Å². The zero-order chi connectivity index (χ0) is 6.53. The van der Waals surface area contributed by atoms with Crippen LogP contribution in [-0.2, 0) is 6.42 Å². The van der Waals surface area contributed by atoms with Crippen molar-refractivity contribution in [3.8, 4) is 0 Å². The Bertz CT molecular complexity index is 179. The SMILES string of the molecule is C=CCc1ccccc1.P. The normalized spacial score (nSPS) is 8.00. The maximum atomic E-state index is 3.66. The number of hydrogen-bond acceptors (Lipinski definition) is 0. The molecule has 1 heteroatoms. The lowest BCUT2D eigenvalue weighted by Crippen LogP contribution is -1.75. The van der Waals surface area contributed by atoms with E-state index in [-0.39, 0.29) is 9.90 Å². The van der Waals surface area contributed by atoms with Gasteiger partial charge in [0.25, 0.3) is 0 Å². The van der Waals surface area contributed by atoms with Crippen molar-refractivity contribution in [3.05, 3.63) is 48.6 Å². The monoisotopic (exact) mass is 152 g/mol. The topological polar surface area (TPSA) is 0 Å². The third kappa shape index (κ3) is 2.80. The second kappa shape index (κ2) is 5.20. The quantitative estimate of drug-likeness (QED) is 0.451. The summed E-state index contributed by atoms with van der Waals surface area (Å²) in [7, 11) is 0. The first kappa shape index (κ1) is 9.39. The fraction of sp³-hybridized carbons (Fsp3) is 0.111. The van der Waals surface area contributed by atoms with Gasteiger partial charge in [0, 0.05) is 0 Å². The van der Waals surface area contributed by atoms with Crippen LogP contribution in [0.25, 0.3) is 0 Å². The molecule has 10 heavy (non-hydrogen) atoms. The molecule has 0 N–H and O–H groups in total. The first-order valence-corrected chi connectivity index (χ1v) is 3.08. The fourth-order valence-electron chi connectivity index (χ4n) is 0.781. The summed E-state index contributed by atoms with van der Waals surface area (Å²) >= 11 is 0. The largest absolute Gasteiger partial charge is 0.153 e. The summed E-state index contributed by atoms with van der Waals surface area (Å²) in [5, 5.41) is 0. The van der Waals surface area contributed by atoms with Crippen LogP contribution in [0.1, 0.15) is 5.56 Å². The lowest BCUT2D eigenvalue weighted by molar-refractivity contribution is 1.28. The highest BCUT2D eigenvalue weighted by Crippen LogP contribution is 1.98. The van der Waals surface area contributed by atoms with E-state index in [0.29, 0.717) is 0 Å². The third-order valence-corrected chi connectivity index (χ3v) is 1.22. The van der Waals surface area contributed by atoms with E-state index in [4.69, 9.17) is 0 Å².